The molecule has 0 aliphatic carbocycles. The molecule has 3 aromatic carbocycles. The molecule has 1 atom stereocenters. The van der Waals surface area contributed by atoms with Gasteiger partial charge < -0.3 is 19.3 Å². The highest BCUT2D eigenvalue weighted by Gasteiger charge is 2.47. The van der Waals surface area contributed by atoms with E-state index >= 15 is 0 Å². The molecule has 0 bridgehead atoms. The third-order valence-electron chi connectivity index (χ3n) is 6.26. The second kappa shape index (κ2) is 11.2. The van der Waals surface area contributed by atoms with E-state index in [1.165, 1.54) is 25.2 Å². The molecule has 1 N–H and O–H groups in total. The van der Waals surface area contributed by atoms with Crippen LogP contribution in [0.4, 0.5) is 5.69 Å². The third-order valence-corrected chi connectivity index (χ3v) is 6.26. The molecule has 8 heteroatoms. The zero-order valence-corrected chi connectivity index (χ0v) is 21.7. The Bertz CT molecular complexity index is 1430. The summed E-state index contributed by atoms with van der Waals surface area (Å²) in [5.41, 5.74) is 2.19. The van der Waals surface area contributed by atoms with Gasteiger partial charge in [-0.05, 0) is 55.3 Å². The first kappa shape index (κ1) is 26.5. The quantitative estimate of drug-likeness (QED) is 0.190. The Morgan fingerprint density at radius 3 is 2.42 bits per heavy atom. The number of benzene rings is 3. The van der Waals surface area contributed by atoms with Gasteiger partial charge in [0.25, 0.3) is 11.7 Å². The number of rotatable bonds is 8. The number of esters is 1. The highest BCUT2D eigenvalue weighted by atomic mass is 16.5. The molecule has 3 aromatic rings. The van der Waals surface area contributed by atoms with Crippen LogP contribution in [-0.4, -0.2) is 43.6 Å². The number of methoxy groups -OCH3 is 2. The molecule has 0 radical (unpaired) electrons. The lowest BCUT2D eigenvalue weighted by Crippen LogP contribution is -2.29. The van der Waals surface area contributed by atoms with Crippen molar-refractivity contribution >= 4 is 29.1 Å². The van der Waals surface area contributed by atoms with E-state index in [9.17, 15) is 19.5 Å². The van der Waals surface area contributed by atoms with Gasteiger partial charge in [0.15, 0.2) is 0 Å². The molecule has 4 rings (SSSR count). The van der Waals surface area contributed by atoms with Gasteiger partial charge in [0.2, 0.25) is 0 Å². The van der Waals surface area contributed by atoms with Gasteiger partial charge in [-0.25, -0.2) is 4.79 Å². The van der Waals surface area contributed by atoms with Crippen molar-refractivity contribution in [3.05, 3.63) is 94.6 Å². The number of hydrogen-bond acceptors (Lipinski definition) is 7. The van der Waals surface area contributed by atoms with Gasteiger partial charge in [-0.15, -0.1) is 0 Å². The van der Waals surface area contributed by atoms with E-state index < -0.39 is 29.5 Å². The molecule has 38 heavy (non-hydrogen) atoms. The zero-order valence-electron chi connectivity index (χ0n) is 21.7. The lowest BCUT2D eigenvalue weighted by atomic mass is 9.94. The first-order chi connectivity index (χ1) is 18.3. The van der Waals surface area contributed by atoms with Crippen LogP contribution in [0.2, 0.25) is 0 Å². The van der Waals surface area contributed by atoms with Crippen molar-refractivity contribution in [2.75, 3.05) is 25.7 Å². The number of carbonyl (C=O) groups excluding carboxylic acids is 3. The molecule has 0 aromatic heterocycles. The molecule has 1 heterocycles. The Hall–Kier alpha value is -4.59. The maximum Gasteiger partial charge on any atom is 0.338 e. The van der Waals surface area contributed by atoms with Gasteiger partial charge in [0.1, 0.15) is 17.3 Å². The summed E-state index contributed by atoms with van der Waals surface area (Å²) in [6, 6.07) is 17.5. The van der Waals surface area contributed by atoms with Gasteiger partial charge >= 0.3 is 5.97 Å². The highest BCUT2D eigenvalue weighted by molar-refractivity contribution is 6.51. The van der Waals surface area contributed by atoms with Gasteiger partial charge in [-0.2, -0.15) is 0 Å². The number of aliphatic hydroxyl groups excluding tert-OH is 1. The second-order valence-corrected chi connectivity index (χ2v) is 8.84. The topological polar surface area (TPSA) is 102 Å². The average molecular weight is 516 g/mol. The third kappa shape index (κ3) is 4.98. The first-order valence-electron chi connectivity index (χ1n) is 12.2. The smallest absolute Gasteiger partial charge is 0.338 e. The van der Waals surface area contributed by atoms with Crippen LogP contribution in [0.3, 0.4) is 0 Å². The number of aryl methyl sites for hydroxylation is 1. The molecule has 1 aliphatic heterocycles. The Morgan fingerprint density at radius 2 is 1.74 bits per heavy atom. The Morgan fingerprint density at radius 1 is 0.974 bits per heavy atom. The predicted molar refractivity (Wildman–Crippen MR) is 143 cm³/mol. The van der Waals surface area contributed by atoms with Crippen LogP contribution in [0, 0.1) is 6.92 Å². The number of Topliss-reactive ketones (excluding diaryl/α,β-unsaturated/α-hetero) is 1. The molecule has 196 valence electrons. The van der Waals surface area contributed by atoms with Gasteiger partial charge in [0, 0.05) is 5.69 Å². The molecular formula is C30H29NO7. The number of anilines is 1. The maximum absolute atomic E-state index is 13.5. The first-order valence-corrected chi connectivity index (χ1v) is 12.2. The highest BCUT2D eigenvalue weighted by Crippen LogP contribution is 2.44. The summed E-state index contributed by atoms with van der Waals surface area (Å²) in [5, 5.41) is 11.5. The molecule has 1 unspecified atom stereocenters. The van der Waals surface area contributed by atoms with Crippen LogP contribution < -0.4 is 14.4 Å². The fourth-order valence-corrected chi connectivity index (χ4v) is 4.46. The predicted octanol–water partition coefficient (Wildman–Crippen LogP) is 5.21. The van der Waals surface area contributed by atoms with Gasteiger partial charge in [-0.1, -0.05) is 42.8 Å². The number of ether oxygens (including phenoxy) is 3. The summed E-state index contributed by atoms with van der Waals surface area (Å²) in [7, 11) is 2.92. The Kier molecular flexibility index (Phi) is 7.81. The van der Waals surface area contributed by atoms with E-state index in [0.29, 0.717) is 29.2 Å². The SMILES string of the molecule is CCCOC(=O)c1cccc(N2C(=O)C(=O)/C(=C(/O)c3cc(OC)ccc3OC)C2c2cccc(C)c2)c1. The summed E-state index contributed by atoms with van der Waals surface area (Å²) in [6.07, 6.45) is 0.668. The van der Waals surface area contributed by atoms with E-state index in [2.05, 4.69) is 0 Å². The number of aliphatic hydroxyl groups is 1. The lowest BCUT2D eigenvalue weighted by molar-refractivity contribution is -0.132. The summed E-state index contributed by atoms with van der Waals surface area (Å²) in [4.78, 5) is 40.9. The number of ketones is 1. The molecular weight excluding hydrogens is 486 g/mol. The Labute approximate surface area is 221 Å². The van der Waals surface area contributed by atoms with E-state index in [1.807, 2.05) is 32.0 Å². The normalized spacial score (nSPS) is 16.4. The maximum atomic E-state index is 13.5. The number of carbonyl (C=O) groups is 3. The van der Waals surface area contributed by atoms with Crippen LogP contribution >= 0.6 is 0 Å². The minimum Gasteiger partial charge on any atom is -0.507 e. The lowest BCUT2D eigenvalue weighted by Gasteiger charge is -2.26. The van der Waals surface area contributed by atoms with Crippen molar-refractivity contribution in [3.63, 3.8) is 0 Å². The fourth-order valence-electron chi connectivity index (χ4n) is 4.46. The van der Waals surface area contributed by atoms with Crippen molar-refractivity contribution < 1.29 is 33.7 Å². The fraction of sp³-hybridized carbons (Fsp3) is 0.233. The van der Waals surface area contributed by atoms with Crippen LogP contribution in [0.5, 0.6) is 11.5 Å². The monoisotopic (exact) mass is 515 g/mol. The molecule has 1 amide bonds. The summed E-state index contributed by atoms with van der Waals surface area (Å²) in [5.74, 6) is -1.88. The molecule has 0 spiro atoms. The second-order valence-electron chi connectivity index (χ2n) is 8.84. The average Bonchev–Trinajstić information content (AvgIpc) is 3.20. The summed E-state index contributed by atoms with van der Waals surface area (Å²) < 4.78 is 16.0. The number of amides is 1. The van der Waals surface area contributed by atoms with Crippen molar-refractivity contribution in [2.24, 2.45) is 0 Å². The molecule has 1 saturated heterocycles. The van der Waals surface area contributed by atoms with E-state index in [0.717, 1.165) is 5.56 Å². The number of hydrogen-bond donors (Lipinski definition) is 1. The summed E-state index contributed by atoms with van der Waals surface area (Å²) in [6.45, 7) is 4.05. The largest absolute Gasteiger partial charge is 0.507 e. The van der Waals surface area contributed by atoms with Crippen LogP contribution in [0.15, 0.2) is 72.3 Å². The van der Waals surface area contributed by atoms with Crippen LogP contribution in [0.1, 0.15) is 46.4 Å². The van der Waals surface area contributed by atoms with E-state index in [-0.39, 0.29) is 23.3 Å². The van der Waals surface area contributed by atoms with Crippen molar-refractivity contribution in [1.82, 2.24) is 0 Å². The minimum absolute atomic E-state index is 0.105. The standard InChI is InChI=1S/C30H29NO7/c1-5-14-38-30(35)20-10-7-11-21(16-20)31-26(19-9-6-8-18(2)15-19)25(28(33)29(31)34)27(32)23-17-22(36-3)12-13-24(23)37-4/h6-13,15-17,26,32H,5,14H2,1-4H3/b27-25+. The number of nitrogens with zero attached hydrogens (tertiary/aromatic N) is 1. The Balaban J connectivity index is 1.93. The van der Waals surface area contributed by atoms with Crippen LogP contribution in [-0.2, 0) is 14.3 Å². The van der Waals surface area contributed by atoms with Crippen molar-refractivity contribution in [2.45, 2.75) is 26.3 Å². The van der Waals surface area contributed by atoms with Gasteiger partial charge in [-0.3, -0.25) is 14.5 Å². The van der Waals surface area contributed by atoms with E-state index in [4.69, 9.17) is 14.2 Å². The molecule has 1 fully saturated rings. The molecule has 1 aliphatic rings. The van der Waals surface area contributed by atoms with E-state index in [1.54, 1.807) is 42.5 Å². The minimum atomic E-state index is -0.965. The van der Waals surface area contributed by atoms with Crippen molar-refractivity contribution in [1.29, 1.82) is 0 Å². The van der Waals surface area contributed by atoms with Gasteiger partial charge in [0.05, 0.1) is 43.6 Å². The zero-order chi connectivity index (χ0) is 27.4. The summed E-state index contributed by atoms with van der Waals surface area (Å²) >= 11 is 0. The molecule has 0 saturated carbocycles. The van der Waals surface area contributed by atoms with Crippen LogP contribution in [0.25, 0.3) is 5.76 Å². The molecule has 8 nitrogen and oxygen atoms in total. The van der Waals surface area contributed by atoms with Crippen molar-refractivity contribution in [3.8, 4) is 11.5 Å².